The van der Waals surface area contributed by atoms with Crippen molar-refractivity contribution in [2.75, 3.05) is 13.2 Å². The van der Waals surface area contributed by atoms with E-state index in [2.05, 4.69) is 10.1 Å². The van der Waals surface area contributed by atoms with Crippen LogP contribution < -0.4 is 4.74 Å². The van der Waals surface area contributed by atoms with Gasteiger partial charge in [-0.2, -0.15) is 4.98 Å². The van der Waals surface area contributed by atoms with Gasteiger partial charge in [0.1, 0.15) is 24.2 Å². The SMILES string of the molecule is Cc1cc(-c2noc(CC3(c4ccccc4)CCCCC3=O)n2)cc(C)c1OC[C@@H](O)CO. The number of benzene rings is 2. The maximum atomic E-state index is 13.1. The van der Waals surface area contributed by atoms with E-state index in [0.717, 1.165) is 41.5 Å². The molecule has 0 radical (unpaired) electrons. The Kier molecular flexibility index (Phi) is 6.91. The van der Waals surface area contributed by atoms with E-state index in [9.17, 15) is 9.90 Å². The van der Waals surface area contributed by atoms with Crippen molar-refractivity contribution in [3.8, 4) is 17.1 Å². The second kappa shape index (κ2) is 9.85. The van der Waals surface area contributed by atoms with Crippen LogP contribution in [0.5, 0.6) is 5.75 Å². The Balaban J connectivity index is 1.59. The summed E-state index contributed by atoms with van der Waals surface area (Å²) in [7, 11) is 0. The molecular formula is C26H30N2O5. The van der Waals surface area contributed by atoms with Crippen molar-refractivity contribution in [1.82, 2.24) is 10.1 Å². The summed E-state index contributed by atoms with van der Waals surface area (Å²) >= 11 is 0. The Morgan fingerprint density at radius 2 is 1.88 bits per heavy atom. The lowest BCUT2D eigenvalue weighted by atomic mass is 9.66. The van der Waals surface area contributed by atoms with Gasteiger partial charge in [-0.3, -0.25) is 4.79 Å². The summed E-state index contributed by atoms with van der Waals surface area (Å²) < 4.78 is 11.3. The smallest absolute Gasteiger partial charge is 0.228 e. The van der Waals surface area contributed by atoms with Gasteiger partial charge < -0.3 is 19.5 Å². The van der Waals surface area contributed by atoms with Crippen molar-refractivity contribution in [3.05, 3.63) is 65.0 Å². The first-order chi connectivity index (χ1) is 15.9. The first-order valence-corrected chi connectivity index (χ1v) is 11.4. The van der Waals surface area contributed by atoms with Gasteiger partial charge in [0.25, 0.3) is 0 Å². The first kappa shape index (κ1) is 23.1. The van der Waals surface area contributed by atoms with Crippen molar-refractivity contribution in [3.63, 3.8) is 0 Å². The van der Waals surface area contributed by atoms with Crippen LogP contribution in [0.1, 0.15) is 48.3 Å². The number of hydrogen-bond donors (Lipinski definition) is 2. The number of rotatable bonds is 8. The largest absolute Gasteiger partial charge is 0.490 e. The fourth-order valence-electron chi connectivity index (χ4n) is 4.68. The maximum absolute atomic E-state index is 13.1. The molecule has 1 unspecified atom stereocenters. The minimum Gasteiger partial charge on any atom is -0.490 e. The van der Waals surface area contributed by atoms with E-state index in [-0.39, 0.29) is 19.0 Å². The van der Waals surface area contributed by atoms with Crippen LogP contribution in [-0.4, -0.2) is 45.5 Å². The lowest BCUT2D eigenvalue weighted by Crippen LogP contribution is -2.40. The fourth-order valence-corrected chi connectivity index (χ4v) is 4.68. The zero-order valence-electron chi connectivity index (χ0n) is 19.1. The molecule has 0 saturated heterocycles. The third-order valence-electron chi connectivity index (χ3n) is 6.39. The number of aliphatic hydroxyl groups is 2. The molecule has 7 nitrogen and oxygen atoms in total. The molecule has 0 amide bonds. The lowest BCUT2D eigenvalue weighted by Gasteiger charge is -2.35. The van der Waals surface area contributed by atoms with Gasteiger partial charge in [0.2, 0.25) is 11.7 Å². The minimum absolute atomic E-state index is 0.0134. The molecule has 174 valence electrons. The molecule has 1 aliphatic carbocycles. The van der Waals surface area contributed by atoms with Gasteiger partial charge in [0.05, 0.1) is 12.0 Å². The third kappa shape index (κ3) is 4.84. The standard InChI is InChI=1S/C26H30N2O5/c1-17-12-19(13-18(2)24(17)32-16-21(30)15-29)25-27-23(33-28-25)14-26(11-7-6-10-22(26)31)20-8-4-3-5-9-20/h3-5,8-9,12-13,21,29-30H,6-7,10-11,14-16H2,1-2H3/t21-,26?/m0/s1. The number of nitrogens with zero attached hydrogens (tertiary/aromatic N) is 2. The molecule has 2 atom stereocenters. The zero-order chi connectivity index (χ0) is 23.4. The van der Waals surface area contributed by atoms with E-state index in [0.29, 0.717) is 30.3 Å². The zero-order valence-corrected chi connectivity index (χ0v) is 19.1. The Labute approximate surface area is 193 Å². The molecule has 0 spiro atoms. The van der Waals surface area contributed by atoms with E-state index >= 15 is 0 Å². The molecule has 2 aromatic carbocycles. The number of ketones is 1. The van der Waals surface area contributed by atoms with Gasteiger partial charge in [0, 0.05) is 18.4 Å². The van der Waals surface area contributed by atoms with E-state index < -0.39 is 11.5 Å². The average Bonchev–Trinajstić information content (AvgIpc) is 3.28. The van der Waals surface area contributed by atoms with Crippen molar-refractivity contribution < 1.29 is 24.3 Å². The molecule has 3 aromatic rings. The fraction of sp³-hybridized carbons (Fsp3) is 0.423. The van der Waals surface area contributed by atoms with Crippen molar-refractivity contribution >= 4 is 5.78 Å². The molecule has 1 saturated carbocycles. The summed E-state index contributed by atoms with van der Waals surface area (Å²) in [5.41, 5.74) is 2.90. The molecular weight excluding hydrogens is 420 g/mol. The summed E-state index contributed by atoms with van der Waals surface area (Å²) in [6, 6.07) is 13.7. The molecule has 1 aromatic heterocycles. The highest BCUT2D eigenvalue weighted by molar-refractivity contribution is 5.91. The van der Waals surface area contributed by atoms with E-state index in [1.54, 1.807) is 0 Å². The Morgan fingerprint density at radius 3 is 2.55 bits per heavy atom. The second-order valence-corrected chi connectivity index (χ2v) is 8.85. The van der Waals surface area contributed by atoms with Crippen LogP contribution in [0.15, 0.2) is 47.0 Å². The molecule has 1 heterocycles. The maximum Gasteiger partial charge on any atom is 0.228 e. The number of aliphatic hydroxyl groups excluding tert-OH is 2. The predicted molar refractivity (Wildman–Crippen MR) is 123 cm³/mol. The van der Waals surface area contributed by atoms with E-state index in [4.69, 9.17) is 14.4 Å². The first-order valence-electron chi connectivity index (χ1n) is 11.4. The molecule has 33 heavy (non-hydrogen) atoms. The van der Waals surface area contributed by atoms with Gasteiger partial charge in [-0.15, -0.1) is 0 Å². The molecule has 2 N–H and O–H groups in total. The average molecular weight is 451 g/mol. The van der Waals surface area contributed by atoms with Gasteiger partial charge >= 0.3 is 0 Å². The van der Waals surface area contributed by atoms with Crippen molar-refractivity contribution in [2.45, 2.75) is 57.5 Å². The molecule has 0 bridgehead atoms. The number of hydrogen-bond acceptors (Lipinski definition) is 7. The second-order valence-electron chi connectivity index (χ2n) is 8.85. The minimum atomic E-state index is -0.928. The van der Waals surface area contributed by atoms with E-state index in [1.807, 2.05) is 56.3 Å². The van der Waals surface area contributed by atoms with Gasteiger partial charge in [-0.1, -0.05) is 41.9 Å². The third-order valence-corrected chi connectivity index (χ3v) is 6.39. The van der Waals surface area contributed by atoms with Crippen LogP contribution >= 0.6 is 0 Å². The molecule has 1 fully saturated rings. The summed E-state index contributed by atoms with van der Waals surface area (Å²) in [6.45, 7) is 3.47. The van der Waals surface area contributed by atoms with Gasteiger partial charge in [-0.05, 0) is 55.5 Å². The number of ether oxygens (including phenoxy) is 1. The number of aromatic nitrogens is 2. The highest BCUT2D eigenvalue weighted by Crippen LogP contribution is 2.40. The van der Waals surface area contributed by atoms with Crippen LogP contribution in [0.25, 0.3) is 11.4 Å². The van der Waals surface area contributed by atoms with Crippen LogP contribution in [0, 0.1) is 13.8 Å². The van der Waals surface area contributed by atoms with Crippen molar-refractivity contribution in [1.29, 1.82) is 0 Å². The van der Waals surface area contributed by atoms with E-state index in [1.165, 1.54) is 0 Å². The highest BCUT2D eigenvalue weighted by atomic mass is 16.5. The number of aryl methyl sites for hydroxylation is 2. The Morgan fingerprint density at radius 1 is 1.15 bits per heavy atom. The normalized spacial score (nSPS) is 19.5. The number of Topliss-reactive ketones (excluding diaryl/α,β-unsaturated/α-hetero) is 1. The molecule has 4 rings (SSSR count). The molecule has 7 heteroatoms. The summed E-state index contributed by atoms with van der Waals surface area (Å²) in [5, 5.41) is 22.7. The molecule has 1 aliphatic rings. The topological polar surface area (TPSA) is 106 Å². The summed E-state index contributed by atoms with van der Waals surface area (Å²) in [6.07, 6.45) is 2.72. The van der Waals surface area contributed by atoms with Crippen molar-refractivity contribution in [2.24, 2.45) is 0 Å². The van der Waals surface area contributed by atoms with Crippen LogP contribution in [0.2, 0.25) is 0 Å². The lowest BCUT2D eigenvalue weighted by molar-refractivity contribution is -0.126. The summed E-state index contributed by atoms with van der Waals surface area (Å²) in [5.74, 6) is 1.80. The highest BCUT2D eigenvalue weighted by Gasteiger charge is 2.42. The Hall–Kier alpha value is -3.03. The predicted octanol–water partition coefficient (Wildman–Crippen LogP) is 3.71. The van der Waals surface area contributed by atoms with Crippen LogP contribution in [0.3, 0.4) is 0 Å². The number of carbonyl (C=O) groups excluding carboxylic acids is 1. The Bertz CT molecular complexity index is 1090. The quantitative estimate of drug-likeness (QED) is 0.539. The number of carbonyl (C=O) groups is 1. The molecule has 0 aliphatic heterocycles. The van der Waals surface area contributed by atoms with Gasteiger partial charge in [-0.25, -0.2) is 0 Å². The summed E-state index contributed by atoms with van der Waals surface area (Å²) in [4.78, 5) is 17.8. The van der Waals surface area contributed by atoms with Gasteiger partial charge in [0.15, 0.2) is 0 Å². The monoisotopic (exact) mass is 450 g/mol. The van der Waals surface area contributed by atoms with Crippen LogP contribution in [0.4, 0.5) is 0 Å². The van der Waals surface area contributed by atoms with Crippen LogP contribution in [-0.2, 0) is 16.6 Å².